The fourth-order valence-electron chi connectivity index (χ4n) is 14.8. The molecule has 65 heavy (non-hydrogen) atoms. The van der Waals surface area contributed by atoms with Crippen molar-refractivity contribution in [2.45, 2.75) is 198 Å². The number of esters is 1. The molecule has 18 heteroatoms. The van der Waals surface area contributed by atoms with Crippen molar-refractivity contribution in [2.24, 2.45) is 50.2 Å². The number of aliphatic hydroxyl groups is 11. The average Bonchev–Trinajstić information content (AvgIpc) is 3.27. The van der Waals surface area contributed by atoms with Gasteiger partial charge in [0.05, 0.1) is 37.9 Å². The van der Waals surface area contributed by atoms with E-state index in [2.05, 4.69) is 40.7 Å². The number of aliphatic hydroxyl groups excluding tert-OH is 11. The lowest BCUT2D eigenvalue weighted by Gasteiger charge is -2.71. The molecular weight excluding hydrogens is 852 g/mol. The van der Waals surface area contributed by atoms with Crippen molar-refractivity contribution in [2.75, 3.05) is 26.4 Å². The fraction of sp³-hybridized carbons (Fsp3) is 0.936. The van der Waals surface area contributed by atoms with Crippen LogP contribution in [0, 0.1) is 50.2 Å². The van der Waals surface area contributed by atoms with Gasteiger partial charge in [0.15, 0.2) is 12.6 Å². The number of hydrogen-bond acceptors (Lipinski definition) is 18. The summed E-state index contributed by atoms with van der Waals surface area (Å²) in [7, 11) is 0. The van der Waals surface area contributed by atoms with Crippen molar-refractivity contribution >= 4 is 5.97 Å². The third kappa shape index (κ3) is 7.80. The van der Waals surface area contributed by atoms with Gasteiger partial charge in [-0.15, -0.1) is 0 Å². The van der Waals surface area contributed by atoms with Crippen LogP contribution in [0.25, 0.3) is 0 Å². The van der Waals surface area contributed by atoms with Gasteiger partial charge in [0.1, 0.15) is 67.1 Å². The van der Waals surface area contributed by atoms with E-state index in [1.54, 1.807) is 0 Å². The second kappa shape index (κ2) is 17.8. The first-order valence-corrected chi connectivity index (χ1v) is 23.9. The van der Waals surface area contributed by atoms with Gasteiger partial charge in [0.2, 0.25) is 6.29 Å². The summed E-state index contributed by atoms with van der Waals surface area (Å²) in [6.45, 7) is 11.8. The number of rotatable bonds is 9. The molecule has 23 atom stereocenters. The lowest BCUT2D eigenvalue weighted by Crippen LogP contribution is -2.67. The van der Waals surface area contributed by atoms with Crippen molar-refractivity contribution in [3.05, 3.63) is 11.6 Å². The van der Waals surface area contributed by atoms with E-state index < -0.39 is 122 Å². The predicted octanol–water partition coefficient (Wildman–Crippen LogP) is -0.248. The molecular formula is C47H76O18. The summed E-state index contributed by atoms with van der Waals surface area (Å²) in [4.78, 5) is 14.7. The van der Waals surface area contributed by atoms with Gasteiger partial charge < -0.3 is 84.6 Å². The molecule has 0 unspecified atom stereocenters. The van der Waals surface area contributed by atoms with Gasteiger partial charge in [-0.1, -0.05) is 53.2 Å². The molecule has 372 valence electrons. The van der Waals surface area contributed by atoms with Gasteiger partial charge in [-0.3, -0.25) is 4.79 Å². The minimum Gasteiger partial charge on any atom is -0.432 e. The van der Waals surface area contributed by atoms with Crippen molar-refractivity contribution in [3.63, 3.8) is 0 Å². The lowest BCUT2D eigenvalue weighted by atomic mass is 9.33. The van der Waals surface area contributed by atoms with Crippen LogP contribution in [0.2, 0.25) is 0 Å². The van der Waals surface area contributed by atoms with Crippen LogP contribution in [0.5, 0.6) is 0 Å². The summed E-state index contributed by atoms with van der Waals surface area (Å²) in [6, 6.07) is 0. The maximum absolute atomic E-state index is 14.7. The average molecular weight is 929 g/mol. The first-order chi connectivity index (χ1) is 30.5. The molecule has 11 N–H and O–H groups in total. The first-order valence-electron chi connectivity index (χ1n) is 23.9. The molecule has 0 amide bonds. The Bertz CT molecular complexity index is 1760. The SMILES string of the molecule is CC1(C)CC[C@]2(C(=O)O[C@H]3O[C@@H](CO)[C@H](O)[C@@H](O)[C@@H]3O)CC[C@]3(C)C(=CC[C@@H]4[C@@]5(C)CC[C@H](O[C@@H]6OC[C@H](O)[C@H](O)[C@H]6O[C@@H]6O[C@H](CO)[C@@H](O)[C@H](O)[C@H]6O)[C@@](C)(CO)[C@H]5CC[C@]43C)[C@@H]2C1. The standard InChI is InChI=1S/C47H76O18/c1-42(2)13-15-47(41(59)65-39-36(58)34(56)32(54)26(19-49)62-39)16-14-45(5)22(23(47)17-42)7-8-28-43(3)11-10-29(44(4,21-50)27(43)9-12-46(28,45)6)63-40-37(30(52)24(51)20-60-40)64-38-35(57)33(55)31(53)25(18-48)61-38/h7,23-40,48-58H,8-21H2,1-6H3/t23-,24-,25+,26-,27-,28+,29-,30-,31+,32-,33-,34+,35+,36-,37+,38-,39+,40-,43-,44-,45+,46+,47-/m0/s1. The third-order valence-corrected chi connectivity index (χ3v) is 19.1. The van der Waals surface area contributed by atoms with Crippen molar-refractivity contribution < 1.29 is 89.4 Å². The molecule has 5 aliphatic carbocycles. The number of ether oxygens (including phenoxy) is 6. The van der Waals surface area contributed by atoms with E-state index in [4.69, 9.17) is 28.4 Å². The number of fused-ring (bicyclic) bond motifs is 7. The summed E-state index contributed by atoms with van der Waals surface area (Å²) in [5.41, 5.74) is -1.32. The lowest BCUT2D eigenvalue weighted by molar-refractivity contribution is -0.368. The topological polar surface area (TPSA) is 295 Å². The van der Waals surface area contributed by atoms with Gasteiger partial charge in [0, 0.05) is 5.41 Å². The van der Waals surface area contributed by atoms with Gasteiger partial charge >= 0.3 is 5.97 Å². The Balaban J connectivity index is 1.04. The van der Waals surface area contributed by atoms with Gasteiger partial charge in [-0.25, -0.2) is 0 Å². The Morgan fingerprint density at radius 1 is 0.677 bits per heavy atom. The van der Waals surface area contributed by atoms with E-state index in [-0.39, 0.29) is 52.6 Å². The van der Waals surface area contributed by atoms with Crippen LogP contribution in [0.3, 0.4) is 0 Å². The van der Waals surface area contributed by atoms with Crippen LogP contribution in [0.4, 0.5) is 0 Å². The molecule has 8 rings (SSSR count). The Morgan fingerprint density at radius 2 is 1.29 bits per heavy atom. The van der Waals surface area contributed by atoms with Crippen molar-refractivity contribution in [3.8, 4) is 0 Å². The highest BCUT2D eigenvalue weighted by atomic mass is 16.8. The Hall–Kier alpha value is -1.43. The fourth-order valence-corrected chi connectivity index (χ4v) is 14.8. The molecule has 3 heterocycles. The van der Waals surface area contributed by atoms with Crippen LogP contribution in [-0.4, -0.2) is 181 Å². The van der Waals surface area contributed by atoms with Crippen molar-refractivity contribution in [1.29, 1.82) is 0 Å². The highest BCUT2D eigenvalue weighted by Gasteiger charge is 2.70. The molecule has 7 fully saturated rings. The molecule has 0 aromatic heterocycles. The summed E-state index contributed by atoms with van der Waals surface area (Å²) >= 11 is 0. The van der Waals surface area contributed by atoms with Crippen LogP contribution in [-0.2, 0) is 33.2 Å². The molecule has 0 aromatic rings. The summed E-state index contributed by atoms with van der Waals surface area (Å²) in [5.74, 6) is -0.510. The predicted molar refractivity (Wildman–Crippen MR) is 226 cm³/mol. The Kier molecular flexibility index (Phi) is 13.7. The second-order valence-electron chi connectivity index (χ2n) is 22.9. The monoisotopic (exact) mass is 929 g/mol. The minimum absolute atomic E-state index is 0.0240. The summed E-state index contributed by atoms with van der Waals surface area (Å²) in [6.07, 6.45) is -12.7. The highest BCUT2D eigenvalue weighted by molar-refractivity contribution is 5.79. The zero-order chi connectivity index (χ0) is 47.4. The summed E-state index contributed by atoms with van der Waals surface area (Å²) in [5, 5.41) is 116. The Labute approximate surface area is 380 Å². The van der Waals surface area contributed by atoms with Crippen LogP contribution in [0.15, 0.2) is 11.6 Å². The third-order valence-electron chi connectivity index (χ3n) is 19.1. The Morgan fingerprint density at radius 3 is 1.92 bits per heavy atom. The highest BCUT2D eigenvalue weighted by Crippen LogP contribution is 2.76. The van der Waals surface area contributed by atoms with Crippen LogP contribution in [0.1, 0.15) is 106 Å². The zero-order valence-electron chi connectivity index (χ0n) is 38.6. The maximum Gasteiger partial charge on any atom is 0.315 e. The van der Waals surface area contributed by atoms with E-state index in [9.17, 15) is 61.0 Å². The second-order valence-corrected chi connectivity index (χ2v) is 22.9. The molecule has 0 bridgehead atoms. The summed E-state index contributed by atoms with van der Waals surface area (Å²) < 4.78 is 35.9. The molecule has 0 spiro atoms. The van der Waals surface area contributed by atoms with E-state index in [1.165, 1.54) is 5.57 Å². The minimum atomic E-state index is -1.77. The van der Waals surface area contributed by atoms with Crippen molar-refractivity contribution in [1.82, 2.24) is 0 Å². The normalized spacial score (nSPS) is 54.3. The molecule has 3 saturated heterocycles. The van der Waals surface area contributed by atoms with Gasteiger partial charge in [-0.2, -0.15) is 0 Å². The van der Waals surface area contributed by atoms with Crippen LogP contribution >= 0.6 is 0 Å². The molecule has 0 radical (unpaired) electrons. The van der Waals surface area contributed by atoms with E-state index in [0.29, 0.717) is 25.7 Å². The van der Waals surface area contributed by atoms with E-state index >= 15 is 0 Å². The largest absolute Gasteiger partial charge is 0.432 e. The maximum atomic E-state index is 14.7. The molecule has 0 aromatic carbocycles. The number of carbonyl (C=O) groups excluding carboxylic acids is 1. The van der Waals surface area contributed by atoms with E-state index in [1.807, 2.05) is 6.92 Å². The van der Waals surface area contributed by atoms with E-state index in [0.717, 1.165) is 38.5 Å². The number of carbonyl (C=O) groups is 1. The molecule has 8 aliphatic rings. The smallest absolute Gasteiger partial charge is 0.315 e. The quantitative estimate of drug-likeness (QED) is 0.0808. The number of hydrogen-bond donors (Lipinski definition) is 11. The molecule has 4 saturated carbocycles. The zero-order valence-corrected chi connectivity index (χ0v) is 38.6. The molecule has 18 nitrogen and oxygen atoms in total. The molecule has 3 aliphatic heterocycles. The number of allylic oxidation sites excluding steroid dienone is 2. The first kappa shape index (κ1) is 50.0. The van der Waals surface area contributed by atoms with Gasteiger partial charge in [-0.05, 0) is 104 Å². The van der Waals surface area contributed by atoms with Gasteiger partial charge in [0.25, 0.3) is 0 Å². The van der Waals surface area contributed by atoms with Crippen LogP contribution < -0.4 is 0 Å².